The van der Waals surface area contributed by atoms with Crippen molar-refractivity contribution in [2.24, 2.45) is 10.7 Å². The molecule has 32 heavy (non-hydrogen) atoms. The van der Waals surface area contributed by atoms with Gasteiger partial charge in [-0.3, -0.25) is 4.98 Å². The van der Waals surface area contributed by atoms with Crippen LogP contribution in [0.1, 0.15) is 12.5 Å². The van der Waals surface area contributed by atoms with Gasteiger partial charge in [0.2, 0.25) is 5.96 Å². The zero-order valence-electron chi connectivity index (χ0n) is 17.9. The molecule has 11 heteroatoms. The second-order valence-electron chi connectivity index (χ2n) is 8.14. The molecule has 4 heterocycles. The number of anilines is 2. The lowest BCUT2D eigenvalue weighted by Crippen LogP contribution is -2.57. The molecule has 2 aliphatic heterocycles. The summed E-state index contributed by atoms with van der Waals surface area (Å²) in [6, 6.07) is 9.14. The van der Waals surface area contributed by atoms with Gasteiger partial charge in [-0.2, -0.15) is 0 Å². The Morgan fingerprint density at radius 2 is 1.97 bits per heavy atom. The fourth-order valence-electron chi connectivity index (χ4n) is 3.86. The SMILES string of the molecule is CC1=CN=C(Nc2ccc(N3CCN(C)CC3)nn2)NC1(N)c1ccc2oc(=O)[nH]c2c1. The number of benzene rings is 1. The highest BCUT2D eigenvalue weighted by Gasteiger charge is 2.33. The van der Waals surface area contributed by atoms with Crippen molar-refractivity contribution in [1.82, 2.24) is 25.4 Å². The second kappa shape index (κ2) is 7.77. The number of hydrogen-bond acceptors (Lipinski definition) is 10. The molecule has 5 N–H and O–H groups in total. The monoisotopic (exact) mass is 435 g/mol. The molecular formula is C21H25N9O2. The summed E-state index contributed by atoms with van der Waals surface area (Å²) in [4.78, 5) is 23.1. The number of likely N-dealkylation sites (N-methyl/N-ethyl adjacent to an activating group) is 1. The van der Waals surface area contributed by atoms with Crippen molar-refractivity contribution in [3.8, 4) is 0 Å². The van der Waals surface area contributed by atoms with E-state index < -0.39 is 11.4 Å². The first-order valence-corrected chi connectivity index (χ1v) is 10.4. The Bertz CT molecular complexity index is 1250. The van der Waals surface area contributed by atoms with Gasteiger partial charge in [-0.1, -0.05) is 6.07 Å². The van der Waals surface area contributed by atoms with Crippen molar-refractivity contribution in [1.29, 1.82) is 0 Å². The minimum absolute atomic E-state index is 0.445. The van der Waals surface area contributed by atoms with E-state index in [0.29, 0.717) is 22.9 Å². The summed E-state index contributed by atoms with van der Waals surface area (Å²) in [7, 11) is 2.12. The van der Waals surface area contributed by atoms with Crippen LogP contribution in [-0.4, -0.2) is 59.3 Å². The van der Waals surface area contributed by atoms with E-state index in [-0.39, 0.29) is 0 Å². The summed E-state index contributed by atoms with van der Waals surface area (Å²) < 4.78 is 5.08. The van der Waals surface area contributed by atoms with Crippen LogP contribution in [0.2, 0.25) is 0 Å². The minimum atomic E-state index is -1.03. The van der Waals surface area contributed by atoms with Crippen molar-refractivity contribution >= 4 is 28.7 Å². The van der Waals surface area contributed by atoms with E-state index in [1.54, 1.807) is 18.3 Å². The Morgan fingerprint density at radius 3 is 2.72 bits per heavy atom. The first-order valence-electron chi connectivity index (χ1n) is 10.4. The Labute approximate surface area is 184 Å². The van der Waals surface area contributed by atoms with E-state index in [1.807, 2.05) is 25.1 Å². The maximum atomic E-state index is 11.5. The fourth-order valence-corrected chi connectivity index (χ4v) is 3.86. The molecule has 1 saturated heterocycles. The second-order valence-corrected chi connectivity index (χ2v) is 8.14. The highest BCUT2D eigenvalue weighted by atomic mass is 16.4. The van der Waals surface area contributed by atoms with Crippen molar-refractivity contribution in [2.45, 2.75) is 12.6 Å². The lowest BCUT2D eigenvalue weighted by Gasteiger charge is -2.35. The molecule has 0 amide bonds. The number of oxazole rings is 1. The van der Waals surface area contributed by atoms with E-state index in [1.165, 1.54) is 0 Å². The number of guanidine groups is 1. The zero-order valence-corrected chi connectivity index (χ0v) is 17.9. The summed E-state index contributed by atoms with van der Waals surface area (Å²) in [5.41, 5.74) is 8.31. The number of piperazine rings is 1. The highest BCUT2D eigenvalue weighted by molar-refractivity contribution is 5.95. The van der Waals surface area contributed by atoms with Crippen molar-refractivity contribution < 1.29 is 4.42 Å². The average molecular weight is 435 g/mol. The van der Waals surface area contributed by atoms with Crippen LogP contribution in [0.25, 0.3) is 11.1 Å². The average Bonchev–Trinajstić information content (AvgIpc) is 3.17. The Kier molecular flexibility index (Phi) is 4.91. The molecule has 1 atom stereocenters. The van der Waals surface area contributed by atoms with Crippen molar-refractivity contribution in [2.75, 3.05) is 43.4 Å². The number of H-pyrrole nitrogens is 1. The molecule has 1 unspecified atom stereocenters. The highest BCUT2D eigenvalue weighted by Crippen LogP contribution is 2.28. The van der Waals surface area contributed by atoms with Gasteiger partial charge in [0.1, 0.15) is 5.66 Å². The standard InChI is InChI=1S/C21H25N9O2/c1-13-12-23-19(25-17-5-6-18(28-27-17)30-9-7-29(2)8-10-30)26-21(13,22)14-3-4-16-15(11-14)24-20(31)32-16/h3-6,11-12H,7-10,22H2,1-2H3,(H,24,31)(H2,23,25,26,27). The predicted molar refractivity (Wildman–Crippen MR) is 122 cm³/mol. The third-order valence-corrected chi connectivity index (χ3v) is 5.92. The summed E-state index contributed by atoms with van der Waals surface area (Å²) in [5, 5.41) is 15.0. The number of aliphatic imine (C=N–C) groups is 1. The first kappa shape index (κ1) is 20.2. The van der Waals surface area contributed by atoms with Crippen molar-refractivity contribution in [3.05, 3.63) is 58.2 Å². The third kappa shape index (κ3) is 3.72. The number of nitrogens with two attached hydrogens (primary N) is 1. The van der Waals surface area contributed by atoms with E-state index in [0.717, 1.165) is 43.1 Å². The zero-order chi connectivity index (χ0) is 22.3. The normalized spacial score (nSPS) is 21.8. The van der Waals surface area contributed by atoms with Gasteiger partial charge < -0.3 is 30.6 Å². The van der Waals surface area contributed by atoms with Gasteiger partial charge in [-0.15, -0.1) is 10.2 Å². The third-order valence-electron chi connectivity index (χ3n) is 5.92. The smallest absolute Gasteiger partial charge is 0.408 e. The number of nitrogens with one attached hydrogen (secondary N) is 3. The van der Waals surface area contributed by atoms with Crippen LogP contribution >= 0.6 is 0 Å². The molecule has 166 valence electrons. The van der Waals surface area contributed by atoms with Crippen LogP contribution in [0.15, 0.2) is 56.3 Å². The molecule has 0 aliphatic carbocycles. The van der Waals surface area contributed by atoms with E-state index in [2.05, 4.69) is 47.7 Å². The lowest BCUT2D eigenvalue weighted by atomic mass is 9.92. The first-order chi connectivity index (χ1) is 15.4. The van der Waals surface area contributed by atoms with Crippen LogP contribution in [0.3, 0.4) is 0 Å². The Hall–Kier alpha value is -3.70. The van der Waals surface area contributed by atoms with Gasteiger partial charge in [0.15, 0.2) is 17.2 Å². The fraction of sp³-hybridized carbons (Fsp3) is 0.333. The van der Waals surface area contributed by atoms with Crippen LogP contribution in [0, 0.1) is 0 Å². The van der Waals surface area contributed by atoms with Gasteiger partial charge in [0.25, 0.3) is 0 Å². The molecule has 1 fully saturated rings. The molecule has 3 aromatic rings. The summed E-state index contributed by atoms with van der Waals surface area (Å²) in [6.07, 6.45) is 1.70. The molecule has 2 aromatic heterocycles. The largest absolute Gasteiger partial charge is 0.417 e. The molecule has 11 nitrogen and oxygen atoms in total. The van der Waals surface area contributed by atoms with Crippen LogP contribution in [0.5, 0.6) is 0 Å². The molecule has 0 radical (unpaired) electrons. The summed E-state index contributed by atoms with van der Waals surface area (Å²) in [5.74, 6) is 1.35. The maximum Gasteiger partial charge on any atom is 0.417 e. The molecule has 0 spiro atoms. The van der Waals surface area contributed by atoms with Crippen molar-refractivity contribution in [3.63, 3.8) is 0 Å². The van der Waals surface area contributed by atoms with Crippen LogP contribution in [-0.2, 0) is 5.66 Å². The number of aromatic nitrogens is 3. The Morgan fingerprint density at radius 1 is 1.16 bits per heavy atom. The predicted octanol–water partition coefficient (Wildman–Crippen LogP) is 0.750. The summed E-state index contributed by atoms with van der Waals surface area (Å²) in [6.45, 7) is 5.76. The van der Waals surface area contributed by atoms with Gasteiger partial charge in [-0.25, -0.2) is 9.79 Å². The van der Waals surface area contributed by atoms with E-state index in [4.69, 9.17) is 10.2 Å². The number of fused-ring (bicyclic) bond motifs is 1. The van der Waals surface area contributed by atoms with Gasteiger partial charge in [0, 0.05) is 32.4 Å². The molecule has 1 aromatic carbocycles. The van der Waals surface area contributed by atoms with Crippen LogP contribution in [0.4, 0.5) is 11.6 Å². The number of hydrogen-bond donors (Lipinski definition) is 4. The topological polar surface area (TPSA) is 141 Å². The summed E-state index contributed by atoms with van der Waals surface area (Å²) >= 11 is 0. The number of aromatic amines is 1. The van der Waals surface area contributed by atoms with Gasteiger partial charge in [-0.05, 0) is 49.4 Å². The van der Waals surface area contributed by atoms with Gasteiger partial charge >= 0.3 is 5.76 Å². The number of rotatable bonds is 3. The van der Waals surface area contributed by atoms with Gasteiger partial charge in [0.05, 0.1) is 5.52 Å². The molecular weight excluding hydrogens is 410 g/mol. The quantitative estimate of drug-likeness (QED) is 0.469. The van der Waals surface area contributed by atoms with E-state index in [9.17, 15) is 4.79 Å². The lowest BCUT2D eigenvalue weighted by molar-refractivity contribution is 0.312. The number of nitrogens with zero attached hydrogens (tertiary/aromatic N) is 5. The minimum Gasteiger partial charge on any atom is -0.408 e. The maximum absolute atomic E-state index is 11.5. The molecule has 5 rings (SSSR count). The van der Waals surface area contributed by atoms with Crippen LogP contribution < -0.4 is 27.0 Å². The molecule has 0 bridgehead atoms. The molecule has 2 aliphatic rings. The Balaban J connectivity index is 1.33. The van der Waals surface area contributed by atoms with E-state index >= 15 is 0 Å². The molecule has 0 saturated carbocycles.